The highest BCUT2D eigenvalue weighted by Crippen LogP contribution is 2.61. The number of rotatable bonds is 5. The van der Waals surface area contributed by atoms with E-state index in [0.29, 0.717) is 32.6 Å². The number of hydrogen-bond donors (Lipinski definition) is 1. The van der Waals surface area contributed by atoms with E-state index in [0.717, 1.165) is 5.56 Å². The predicted molar refractivity (Wildman–Crippen MR) is 140 cm³/mol. The first-order valence-electron chi connectivity index (χ1n) is 12.8. The second-order valence-corrected chi connectivity index (χ2v) is 12.6. The summed E-state index contributed by atoms with van der Waals surface area (Å²) in [6, 6.07) is 9.19. The van der Waals surface area contributed by atoms with Gasteiger partial charge in [0.25, 0.3) is 0 Å². The lowest BCUT2D eigenvalue weighted by Gasteiger charge is -2.40. The Morgan fingerprint density at radius 2 is 1.78 bits per heavy atom. The molecular weight excluding hydrogens is 474 g/mol. The largest absolute Gasteiger partial charge is 0.396 e. The average molecular weight is 510 g/mol. The van der Waals surface area contributed by atoms with Gasteiger partial charge in [-0.15, -0.1) is 11.8 Å². The van der Waals surface area contributed by atoms with Gasteiger partial charge in [-0.05, 0) is 32.8 Å². The maximum absolute atomic E-state index is 14.1. The van der Waals surface area contributed by atoms with Crippen LogP contribution in [0, 0.1) is 11.8 Å². The Morgan fingerprint density at radius 1 is 1.03 bits per heavy atom. The lowest BCUT2D eigenvalue weighted by molar-refractivity contribution is -0.146. The highest BCUT2D eigenvalue weighted by Gasteiger charge is 2.71. The van der Waals surface area contributed by atoms with E-state index in [9.17, 15) is 19.5 Å². The normalized spacial score (nSPS) is 31.9. The van der Waals surface area contributed by atoms with Gasteiger partial charge in [0.1, 0.15) is 6.04 Å². The van der Waals surface area contributed by atoms with Crippen LogP contribution in [0.25, 0.3) is 0 Å². The minimum Gasteiger partial charge on any atom is -0.396 e. The summed E-state index contributed by atoms with van der Waals surface area (Å²) in [4.78, 5) is 47.5. The van der Waals surface area contributed by atoms with E-state index in [1.54, 1.807) is 16.7 Å². The molecule has 5 atom stereocenters. The zero-order chi connectivity index (χ0) is 25.7. The summed E-state index contributed by atoms with van der Waals surface area (Å²) < 4.78 is -0.811. The van der Waals surface area contributed by atoms with E-state index in [1.807, 2.05) is 79.1 Å². The van der Waals surface area contributed by atoms with Crippen molar-refractivity contribution in [3.63, 3.8) is 0 Å². The van der Waals surface area contributed by atoms with E-state index in [1.165, 1.54) is 0 Å². The summed E-state index contributed by atoms with van der Waals surface area (Å²) in [5.74, 6) is -1.42. The molecule has 1 aromatic rings. The number of thioether (sulfide) groups is 1. The first-order chi connectivity index (χ1) is 17.2. The first-order valence-corrected chi connectivity index (χ1v) is 13.6. The summed E-state index contributed by atoms with van der Waals surface area (Å²) in [5, 5.41) is 9.36. The summed E-state index contributed by atoms with van der Waals surface area (Å²) >= 11 is 1.60. The summed E-state index contributed by atoms with van der Waals surface area (Å²) in [6.45, 7) is 7.69. The third kappa shape index (κ3) is 3.98. The Kier molecular flexibility index (Phi) is 6.53. The molecule has 7 nitrogen and oxygen atoms in total. The zero-order valence-electron chi connectivity index (χ0n) is 21.2. The predicted octanol–water partition coefficient (Wildman–Crippen LogP) is 2.46. The van der Waals surface area contributed by atoms with Crippen molar-refractivity contribution in [2.75, 3.05) is 26.2 Å². The van der Waals surface area contributed by atoms with E-state index >= 15 is 0 Å². The maximum atomic E-state index is 14.1. The van der Waals surface area contributed by atoms with Crippen molar-refractivity contribution in [2.45, 2.75) is 55.3 Å². The molecule has 1 N–H and O–H groups in total. The lowest BCUT2D eigenvalue weighted by atomic mass is 9.78. The number of carbonyl (C=O) groups excluding carboxylic acids is 3. The van der Waals surface area contributed by atoms with Crippen LogP contribution in [0.5, 0.6) is 0 Å². The Labute approximate surface area is 217 Å². The van der Waals surface area contributed by atoms with Gasteiger partial charge in [0, 0.05) is 43.6 Å². The summed E-state index contributed by atoms with van der Waals surface area (Å²) in [5.41, 5.74) is 0.635. The molecule has 2 saturated heterocycles. The number of aliphatic hydroxyl groups excluding tert-OH is 1. The molecule has 1 spiro atoms. The molecule has 192 valence electrons. The molecular formula is C28H35N3O4S. The number of aliphatic hydroxyl groups is 1. The van der Waals surface area contributed by atoms with Gasteiger partial charge in [0.2, 0.25) is 17.7 Å². The van der Waals surface area contributed by atoms with Gasteiger partial charge in [0.05, 0.1) is 16.6 Å². The standard InChI is InChI=1S/C28H35N3O4S/c1-27(2,3)31-16-8-13-28-22(25(34)30(15-9-17-32)23(28)26(31)35)21-20(36-28)12-7-14-29(24(21)33)18-19-10-5-4-6-11-19/h4-8,10-13,20-23,32H,9,14-18H2,1-3H3/t20-,21+,22+,23?,28+/m1/s1. The number of carbonyl (C=O) groups is 3. The number of likely N-dealkylation sites (tertiary alicyclic amines) is 1. The molecule has 0 aliphatic carbocycles. The van der Waals surface area contributed by atoms with Crippen LogP contribution in [-0.4, -0.2) is 85.3 Å². The highest BCUT2D eigenvalue weighted by atomic mass is 32.2. The topological polar surface area (TPSA) is 81.2 Å². The van der Waals surface area contributed by atoms with Gasteiger partial charge in [-0.25, -0.2) is 0 Å². The number of benzene rings is 1. The van der Waals surface area contributed by atoms with Crippen LogP contribution in [0.2, 0.25) is 0 Å². The average Bonchev–Trinajstić information content (AvgIpc) is 3.14. The molecule has 8 heteroatoms. The summed E-state index contributed by atoms with van der Waals surface area (Å²) in [6.07, 6.45) is 8.55. The number of hydrogen-bond acceptors (Lipinski definition) is 5. The minimum atomic E-state index is -0.811. The molecule has 4 aliphatic heterocycles. The van der Waals surface area contributed by atoms with Crippen molar-refractivity contribution in [3.8, 4) is 0 Å². The fourth-order valence-electron chi connectivity index (χ4n) is 6.22. The molecule has 0 radical (unpaired) electrons. The Balaban J connectivity index is 1.55. The van der Waals surface area contributed by atoms with Crippen LogP contribution in [0.15, 0.2) is 54.6 Å². The van der Waals surface area contributed by atoms with Gasteiger partial charge in [-0.3, -0.25) is 14.4 Å². The van der Waals surface area contributed by atoms with Gasteiger partial charge in [0.15, 0.2) is 0 Å². The minimum absolute atomic E-state index is 0.0305. The summed E-state index contributed by atoms with van der Waals surface area (Å²) in [7, 11) is 0. The number of amides is 3. The van der Waals surface area contributed by atoms with Crippen LogP contribution in [0.1, 0.15) is 32.8 Å². The molecule has 0 aromatic heterocycles. The van der Waals surface area contributed by atoms with Crippen molar-refractivity contribution in [3.05, 3.63) is 60.2 Å². The molecule has 1 aromatic carbocycles. The molecule has 0 saturated carbocycles. The molecule has 4 aliphatic rings. The molecule has 0 bridgehead atoms. The smallest absolute Gasteiger partial charge is 0.247 e. The first kappa shape index (κ1) is 25.1. The fraction of sp³-hybridized carbons (Fsp3) is 0.536. The molecule has 4 heterocycles. The van der Waals surface area contributed by atoms with Crippen LogP contribution in [-0.2, 0) is 20.9 Å². The molecule has 1 unspecified atom stereocenters. The van der Waals surface area contributed by atoms with Crippen LogP contribution in [0.4, 0.5) is 0 Å². The number of fused-ring (bicyclic) bond motifs is 2. The Bertz CT molecular complexity index is 1100. The monoisotopic (exact) mass is 509 g/mol. The van der Waals surface area contributed by atoms with E-state index in [2.05, 4.69) is 6.08 Å². The maximum Gasteiger partial charge on any atom is 0.247 e. The van der Waals surface area contributed by atoms with Crippen molar-refractivity contribution < 1.29 is 19.5 Å². The Morgan fingerprint density at radius 3 is 2.47 bits per heavy atom. The second-order valence-electron chi connectivity index (χ2n) is 11.1. The van der Waals surface area contributed by atoms with Crippen LogP contribution < -0.4 is 0 Å². The molecule has 3 amide bonds. The SMILES string of the molecule is CC(C)(C)N1CC=C[C@]23S[C@@H]4C=CCN(Cc5ccccc5)C(=O)[C@@H]4[C@H]2C(=O)N(CCCO)C3C1=O. The Hall–Kier alpha value is -2.58. The molecule has 2 fully saturated rings. The van der Waals surface area contributed by atoms with E-state index in [-0.39, 0.29) is 29.6 Å². The van der Waals surface area contributed by atoms with Crippen molar-refractivity contribution in [2.24, 2.45) is 11.8 Å². The van der Waals surface area contributed by atoms with Gasteiger partial charge >= 0.3 is 0 Å². The van der Waals surface area contributed by atoms with E-state index < -0.39 is 28.2 Å². The van der Waals surface area contributed by atoms with Gasteiger partial charge in [-0.2, -0.15) is 0 Å². The quantitative estimate of drug-likeness (QED) is 0.617. The lowest BCUT2D eigenvalue weighted by Crippen LogP contribution is -2.57. The third-order valence-electron chi connectivity index (χ3n) is 7.83. The van der Waals surface area contributed by atoms with Crippen molar-refractivity contribution >= 4 is 29.5 Å². The van der Waals surface area contributed by atoms with Gasteiger partial charge in [-0.1, -0.05) is 54.6 Å². The van der Waals surface area contributed by atoms with E-state index in [4.69, 9.17) is 0 Å². The van der Waals surface area contributed by atoms with Crippen LogP contribution in [0.3, 0.4) is 0 Å². The van der Waals surface area contributed by atoms with Gasteiger partial charge < -0.3 is 19.8 Å². The number of nitrogens with zero attached hydrogens (tertiary/aromatic N) is 3. The van der Waals surface area contributed by atoms with Crippen LogP contribution >= 0.6 is 11.8 Å². The third-order valence-corrected chi connectivity index (χ3v) is 9.57. The molecule has 5 rings (SSSR count). The second kappa shape index (κ2) is 9.38. The zero-order valence-corrected chi connectivity index (χ0v) is 22.0. The molecule has 36 heavy (non-hydrogen) atoms. The van der Waals surface area contributed by atoms with Crippen molar-refractivity contribution in [1.82, 2.24) is 14.7 Å². The highest BCUT2D eigenvalue weighted by molar-refractivity contribution is 8.02. The fourth-order valence-corrected chi connectivity index (χ4v) is 8.23. The van der Waals surface area contributed by atoms with Crippen molar-refractivity contribution in [1.29, 1.82) is 0 Å².